The third kappa shape index (κ3) is 1.28. The number of aromatic carboxylic acids is 1. The Bertz CT molecular complexity index is 431. The number of carbonyl (C=O) groups is 1. The fourth-order valence-corrected chi connectivity index (χ4v) is 0.860. The highest BCUT2D eigenvalue weighted by molar-refractivity contribution is 7.71. The molecule has 0 aliphatic heterocycles. The number of aromatic amines is 1. The Kier molecular flexibility index (Phi) is 2.09. The van der Waals surface area contributed by atoms with Crippen LogP contribution in [0.2, 0.25) is 0 Å². The Morgan fingerprint density at radius 3 is 2.83 bits per heavy atom. The molecule has 1 heterocycles. The molecule has 2 N–H and O–H groups in total. The van der Waals surface area contributed by atoms with E-state index >= 15 is 0 Å². The largest absolute Gasteiger partial charge is 0.477 e. The molecule has 1 aromatic heterocycles. The molecule has 1 rings (SSSR count). The molecule has 0 aliphatic carbocycles. The standard InChI is InChI=1S/C6H6N2O3S/c1-8-4(9)3(5(10)11)2-7-6(8)12/h2H,1H3,(H,7,12)(H,10,11). The first-order valence-corrected chi connectivity index (χ1v) is 3.47. The van der Waals surface area contributed by atoms with Crippen LogP contribution in [0.4, 0.5) is 0 Å². The lowest BCUT2D eigenvalue weighted by Gasteiger charge is -1.97. The first kappa shape index (κ1) is 8.66. The molecule has 0 bridgehead atoms. The molecule has 0 saturated carbocycles. The third-order valence-electron chi connectivity index (χ3n) is 1.41. The topological polar surface area (TPSA) is 75.1 Å². The summed E-state index contributed by atoms with van der Waals surface area (Å²) in [6.45, 7) is 0. The molecule has 64 valence electrons. The van der Waals surface area contributed by atoms with Crippen LogP contribution in [0.1, 0.15) is 10.4 Å². The van der Waals surface area contributed by atoms with Crippen molar-refractivity contribution >= 4 is 18.2 Å². The van der Waals surface area contributed by atoms with Crippen molar-refractivity contribution in [2.24, 2.45) is 7.05 Å². The molecular weight excluding hydrogens is 180 g/mol. The van der Waals surface area contributed by atoms with Crippen LogP contribution >= 0.6 is 12.2 Å². The summed E-state index contributed by atoms with van der Waals surface area (Å²) in [7, 11) is 1.41. The molecule has 0 aromatic carbocycles. The molecule has 1 aromatic rings. The zero-order valence-corrected chi connectivity index (χ0v) is 7.01. The lowest BCUT2D eigenvalue weighted by Crippen LogP contribution is -2.25. The minimum Gasteiger partial charge on any atom is -0.477 e. The number of hydrogen-bond donors (Lipinski definition) is 2. The minimum absolute atomic E-state index is 0.199. The lowest BCUT2D eigenvalue weighted by molar-refractivity contribution is 0.0693. The highest BCUT2D eigenvalue weighted by atomic mass is 32.1. The van der Waals surface area contributed by atoms with Crippen LogP contribution < -0.4 is 5.56 Å². The first-order chi connectivity index (χ1) is 5.54. The van der Waals surface area contributed by atoms with Crippen LogP contribution in [0.15, 0.2) is 11.0 Å². The third-order valence-corrected chi connectivity index (χ3v) is 1.80. The Morgan fingerprint density at radius 1 is 1.75 bits per heavy atom. The predicted molar refractivity (Wildman–Crippen MR) is 43.8 cm³/mol. The van der Waals surface area contributed by atoms with Crippen molar-refractivity contribution in [3.05, 3.63) is 26.9 Å². The van der Waals surface area contributed by atoms with Crippen molar-refractivity contribution in [1.29, 1.82) is 0 Å². The van der Waals surface area contributed by atoms with Gasteiger partial charge in [-0.3, -0.25) is 9.36 Å². The van der Waals surface area contributed by atoms with Crippen LogP contribution in [0.25, 0.3) is 0 Å². The second kappa shape index (κ2) is 2.90. The monoisotopic (exact) mass is 186 g/mol. The molecule has 0 radical (unpaired) electrons. The second-order valence-electron chi connectivity index (χ2n) is 2.18. The SMILES string of the molecule is Cn1c(=S)[nH]cc(C(=O)O)c1=O. The van der Waals surface area contributed by atoms with Crippen molar-refractivity contribution in [2.75, 3.05) is 0 Å². The molecule has 0 saturated heterocycles. The van der Waals surface area contributed by atoms with E-state index in [0.29, 0.717) is 0 Å². The van der Waals surface area contributed by atoms with E-state index in [2.05, 4.69) is 4.98 Å². The van der Waals surface area contributed by atoms with Gasteiger partial charge in [0.05, 0.1) is 0 Å². The molecule has 12 heavy (non-hydrogen) atoms. The van der Waals surface area contributed by atoms with E-state index in [0.717, 1.165) is 10.8 Å². The van der Waals surface area contributed by atoms with Crippen LogP contribution in [0.5, 0.6) is 0 Å². The first-order valence-electron chi connectivity index (χ1n) is 3.06. The molecule has 0 atom stereocenters. The van der Waals surface area contributed by atoms with Gasteiger partial charge in [-0.15, -0.1) is 0 Å². The van der Waals surface area contributed by atoms with Gasteiger partial charge >= 0.3 is 5.97 Å². The summed E-state index contributed by atoms with van der Waals surface area (Å²) in [5, 5.41) is 8.51. The summed E-state index contributed by atoms with van der Waals surface area (Å²) in [6, 6.07) is 0. The molecule has 6 heteroatoms. The number of rotatable bonds is 1. The second-order valence-corrected chi connectivity index (χ2v) is 2.56. The van der Waals surface area contributed by atoms with E-state index in [4.69, 9.17) is 17.3 Å². The zero-order valence-electron chi connectivity index (χ0n) is 6.20. The normalized spacial score (nSPS) is 9.75. The average molecular weight is 186 g/mol. The molecule has 0 amide bonds. The summed E-state index contributed by atoms with van der Waals surface area (Å²) in [5.74, 6) is -1.26. The maximum atomic E-state index is 11.1. The van der Waals surface area contributed by atoms with Crippen LogP contribution in [-0.4, -0.2) is 20.6 Å². The summed E-state index contributed by atoms with van der Waals surface area (Å²) < 4.78 is 1.27. The van der Waals surface area contributed by atoms with E-state index in [9.17, 15) is 9.59 Å². The summed E-state index contributed by atoms with van der Waals surface area (Å²) >= 11 is 4.70. The Hall–Kier alpha value is -1.43. The van der Waals surface area contributed by atoms with E-state index in [1.165, 1.54) is 7.05 Å². The highest BCUT2D eigenvalue weighted by Crippen LogP contribution is 1.88. The number of carboxylic acid groups (broad SMARTS) is 1. The van der Waals surface area contributed by atoms with Crippen molar-refractivity contribution in [3.8, 4) is 0 Å². The van der Waals surface area contributed by atoms with Crippen molar-refractivity contribution < 1.29 is 9.90 Å². The van der Waals surface area contributed by atoms with Gasteiger partial charge in [0.25, 0.3) is 5.56 Å². The lowest BCUT2D eigenvalue weighted by atomic mass is 10.3. The van der Waals surface area contributed by atoms with E-state index < -0.39 is 11.5 Å². The van der Waals surface area contributed by atoms with Gasteiger partial charge in [-0.1, -0.05) is 0 Å². The summed E-state index contributed by atoms with van der Waals surface area (Å²) in [4.78, 5) is 24.0. The molecular formula is C6H6N2O3S. The number of nitrogens with one attached hydrogen (secondary N) is 1. The molecule has 0 unspecified atom stereocenters. The van der Waals surface area contributed by atoms with Crippen molar-refractivity contribution in [2.45, 2.75) is 0 Å². The van der Waals surface area contributed by atoms with Gasteiger partial charge in [0.1, 0.15) is 5.56 Å². The van der Waals surface area contributed by atoms with Gasteiger partial charge in [-0.05, 0) is 12.2 Å². The number of hydrogen-bond acceptors (Lipinski definition) is 3. The van der Waals surface area contributed by atoms with Gasteiger partial charge in [-0.25, -0.2) is 4.79 Å². The summed E-state index contributed by atoms with van der Waals surface area (Å²) in [5.41, 5.74) is -0.919. The smallest absolute Gasteiger partial charge is 0.342 e. The van der Waals surface area contributed by atoms with Gasteiger partial charge in [0.15, 0.2) is 4.77 Å². The van der Waals surface area contributed by atoms with Crippen LogP contribution in [0, 0.1) is 4.77 Å². The maximum absolute atomic E-state index is 11.1. The molecule has 0 spiro atoms. The van der Waals surface area contributed by atoms with Crippen molar-refractivity contribution in [1.82, 2.24) is 9.55 Å². The molecule has 0 fully saturated rings. The average Bonchev–Trinajstić information content (AvgIpc) is 2.00. The van der Waals surface area contributed by atoms with Crippen molar-refractivity contribution in [3.63, 3.8) is 0 Å². The van der Waals surface area contributed by atoms with Crippen LogP contribution in [-0.2, 0) is 7.05 Å². The maximum Gasteiger partial charge on any atom is 0.342 e. The van der Waals surface area contributed by atoms with E-state index in [1.54, 1.807) is 0 Å². The van der Waals surface area contributed by atoms with E-state index in [1.807, 2.05) is 0 Å². The highest BCUT2D eigenvalue weighted by Gasteiger charge is 2.09. The summed E-state index contributed by atoms with van der Waals surface area (Å²) in [6.07, 6.45) is 1.09. The fourth-order valence-electron chi connectivity index (χ4n) is 0.719. The number of nitrogens with zero attached hydrogens (tertiary/aromatic N) is 1. The number of carboxylic acids is 1. The predicted octanol–water partition coefficient (Wildman–Crippen LogP) is 0.141. The minimum atomic E-state index is -1.26. The Labute approximate surface area is 72.3 Å². The number of H-pyrrole nitrogens is 1. The van der Waals surface area contributed by atoms with Gasteiger partial charge in [-0.2, -0.15) is 0 Å². The zero-order chi connectivity index (χ0) is 9.30. The number of aromatic nitrogens is 2. The van der Waals surface area contributed by atoms with Gasteiger partial charge < -0.3 is 10.1 Å². The van der Waals surface area contributed by atoms with Gasteiger partial charge in [0, 0.05) is 13.2 Å². The quantitative estimate of drug-likeness (QED) is 0.612. The Balaban J connectivity index is 3.58. The van der Waals surface area contributed by atoms with E-state index in [-0.39, 0.29) is 10.3 Å². The molecule has 0 aliphatic rings. The Morgan fingerprint density at radius 2 is 2.33 bits per heavy atom. The fraction of sp³-hybridized carbons (Fsp3) is 0.167. The van der Waals surface area contributed by atoms with Crippen LogP contribution in [0.3, 0.4) is 0 Å². The molecule has 5 nitrogen and oxygen atoms in total. The van der Waals surface area contributed by atoms with Gasteiger partial charge in [0.2, 0.25) is 0 Å².